The van der Waals surface area contributed by atoms with E-state index >= 15 is 0 Å². The zero-order valence-corrected chi connectivity index (χ0v) is 15.5. The fraction of sp³-hybridized carbons (Fsp3) is 0.700. The van der Waals surface area contributed by atoms with Crippen molar-refractivity contribution in [3.8, 4) is 0 Å². The van der Waals surface area contributed by atoms with Crippen LogP contribution in [-0.2, 0) is 0 Å². The Morgan fingerprint density at radius 3 is 2.21 bits per heavy atom. The van der Waals surface area contributed by atoms with Crippen molar-refractivity contribution in [2.45, 2.75) is 63.7 Å². The first-order chi connectivity index (χ1) is 11.6. The van der Waals surface area contributed by atoms with Gasteiger partial charge in [-0.1, -0.05) is 43.7 Å². The van der Waals surface area contributed by atoms with Gasteiger partial charge >= 0.3 is 0 Å². The summed E-state index contributed by atoms with van der Waals surface area (Å²) >= 11 is 6.41. The second kappa shape index (κ2) is 8.44. The third-order valence-electron chi connectivity index (χ3n) is 6.00. The molecule has 2 fully saturated rings. The zero-order chi connectivity index (χ0) is 16.9. The smallest absolute Gasteiger partial charge is 0.0598 e. The zero-order valence-electron chi connectivity index (χ0n) is 14.8. The Hall–Kier alpha value is -0.930. The summed E-state index contributed by atoms with van der Waals surface area (Å²) in [6, 6.07) is 3.70. The monoisotopic (exact) mass is 349 g/mol. The van der Waals surface area contributed by atoms with Crippen molar-refractivity contribution in [1.29, 1.82) is 0 Å². The molecule has 1 saturated heterocycles. The van der Waals surface area contributed by atoms with Crippen LogP contribution >= 0.6 is 11.6 Å². The Balaban J connectivity index is 1.55. The summed E-state index contributed by atoms with van der Waals surface area (Å²) in [5.41, 5.74) is 14.6. The van der Waals surface area contributed by atoms with Crippen LogP contribution in [0.15, 0.2) is 12.1 Å². The van der Waals surface area contributed by atoms with Gasteiger partial charge in [0.2, 0.25) is 0 Å². The number of nitrogens with zero attached hydrogens (tertiary/aromatic N) is 1. The lowest BCUT2D eigenvalue weighted by Crippen LogP contribution is -2.37. The van der Waals surface area contributed by atoms with Gasteiger partial charge in [0, 0.05) is 11.6 Å². The fourth-order valence-corrected chi connectivity index (χ4v) is 4.85. The highest BCUT2D eigenvalue weighted by atomic mass is 35.5. The molecule has 3 rings (SSSR count). The van der Waals surface area contributed by atoms with Gasteiger partial charge in [0.05, 0.1) is 11.4 Å². The molecule has 0 unspecified atom stereocenters. The highest BCUT2D eigenvalue weighted by Crippen LogP contribution is 2.39. The first-order valence-electron chi connectivity index (χ1n) is 9.71. The number of nitrogen functional groups attached to an aromatic ring is 2. The van der Waals surface area contributed by atoms with Crippen LogP contribution < -0.4 is 11.5 Å². The van der Waals surface area contributed by atoms with E-state index in [2.05, 4.69) is 4.90 Å². The van der Waals surface area contributed by atoms with E-state index in [1.165, 1.54) is 51.5 Å². The van der Waals surface area contributed by atoms with E-state index < -0.39 is 0 Å². The summed E-state index contributed by atoms with van der Waals surface area (Å²) in [5.74, 6) is 1.36. The van der Waals surface area contributed by atoms with Gasteiger partial charge in [0.25, 0.3) is 0 Å². The van der Waals surface area contributed by atoms with Gasteiger partial charge < -0.3 is 16.4 Å². The van der Waals surface area contributed by atoms with Crippen LogP contribution in [0.4, 0.5) is 11.4 Å². The topological polar surface area (TPSA) is 55.3 Å². The predicted octanol–water partition coefficient (Wildman–Crippen LogP) is 5.04. The molecule has 0 radical (unpaired) electrons. The number of piperidine rings is 1. The predicted molar refractivity (Wildman–Crippen MR) is 105 cm³/mol. The number of rotatable bonds is 3. The van der Waals surface area contributed by atoms with Crippen molar-refractivity contribution in [2.75, 3.05) is 31.1 Å². The highest BCUT2D eigenvalue weighted by Gasteiger charge is 2.26. The third-order valence-corrected chi connectivity index (χ3v) is 6.33. The molecule has 134 valence electrons. The summed E-state index contributed by atoms with van der Waals surface area (Å²) in [6.45, 7) is 3.60. The molecule has 1 saturated carbocycles. The number of anilines is 2. The lowest BCUT2D eigenvalue weighted by Gasteiger charge is -2.35. The molecule has 0 atom stereocenters. The van der Waals surface area contributed by atoms with Gasteiger partial charge in [0.15, 0.2) is 0 Å². The molecule has 0 spiro atoms. The van der Waals surface area contributed by atoms with Crippen molar-refractivity contribution >= 4 is 23.0 Å². The van der Waals surface area contributed by atoms with Crippen molar-refractivity contribution < 1.29 is 0 Å². The number of nitrogens with two attached hydrogens (primary N) is 2. The van der Waals surface area contributed by atoms with Crippen molar-refractivity contribution in [3.63, 3.8) is 0 Å². The minimum atomic E-state index is 0.453. The molecule has 1 aliphatic heterocycles. The van der Waals surface area contributed by atoms with Gasteiger partial charge in [-0.15, -0.1) is 0 Å². The molecule has 24 heavy (non-hydrogen) atoms. The first-order valence-corrected chi connectivity index (χ1v) is 10.1. The summed E-state index contributed by atoms with van der Waals surface area (Å²) in [4.78, 5) is 2.67. The average Bonchev–Trinajstić information content (AvgIpc) is 2.55. The van der Waals surface area contributed by atoms with E-state index in [0.717, 1.165) is 42.4 Å². The fourth-order valence-electron chi connectivity index (χ4n) is 4.53. The summed E-state index contributed by atoms with van der Waals surface area (Å²) in [7, 11) is 0. The molecule has 0 amide bonds. The average molecular weight is 350 g/mol. The Bertz CT molecular complexity index is 530. The molecule has 1 aromatic rings. The van der Waals surface area contributed by atoms with Gasteiger partial charge in [-0.25, -0.2) is 0 Å². The van der Waals surface area contributed by atoms with Gasteiger partial charge in [0.1, 0.15) is 0 Å². The second-order valence-electron chi connectivity index (χ2n) is 7.75. The molecule has 4 N–H and O–H groups in total. The maximum Gasteiger partial charge on any atom is 0.0598 e. The molecule has 2 aliphatic rings. The van der Waals surface area contributed by atoms with E-state index in [-0.39, 0.29) is 0 Å². The maximum atomic E-state index is 6.41. The number of likely N-dealkylation sites (tertiary alicyclic amines) is 1. The minimum absolute atomic E-state index is 0.453. The standard InChI is InChI=1S/C20H32ClN3/c21-17-8-9-18(22)20(23)19(17)16-10-12-24(13-11-16)14-15-6-4-2-1-3-5-7-15/h8-9,15-16H,1-7,10-14,22-23H2. The Morgan fingerprint density at radius 2 is 1.54 bits per heavy atom. The van der Waals surface area contributed by atoms with Crippen LogP contribution in [0.5, 0.6) is 0 Å². The van der Waals surface area contributed by atoms with E-state index in [0.29, 0.717) is 17.3 Å². The Labute approximate surface area is 151 Å². The number of hydrogen-bond donors (Lipinski definition) is 2. The van der Waals surface area contributed by atoms with Crippen LogP contribution in [-0.4, -0.2) is 24.5 Å². The van der Waals surface area contributed by atoms with Crippen LogP contribution in [0.2, 0.25) is 5.02 Å². The van der Waals surface area contributed by atoms with Crippen LogP contribution in [0, 0.1) is 5.92 Å². The molecular formula is C20H32ClN3. The van der Waals surface area contributed by atoms with Crippen molar-refractivity contribution in [3.05, 3.63) is 22.7 Å². The first kappa shape index (κ1) is 17.9. The summed E-state index contributed by atoms with van der Waals surface area (Å²) in [6.07, 6.45) is 12.3. The molecule has 3 nitrogen and oxygen atoms in total. The SMILES string of the molecule is Nc1ccc(Cl)c(C2CCN(CC3CCCCCCC3)CC2)c1N. The van der Waals surface area contributed by atoms with E-state index in [4.69, 9.17) is 23.1 Å². The highest BCUT2D eigenvalue weighted by molar-refractivity contribution is 6.32. The Morgan fingerprint density at radius 1 is 0.917 bits per heavy atom. The number of benzene rings is 1. The third kappa shape index (κ3) is 4.37. The van der Waals surface area contributed by atoms with Crippen molar-refractivity contribution in [1.82, 2.24) is 4.90 Å². The maximum absolute atomic E-state index is 6.41. The van der Waals surface area contributed by atoms with Crippen LogP contribution in [0.25, 0.3) is 0 Å². The minimum Gasteiger partial charge on any atom is -0.397 e. The lowest BCUT2D eigenvalue weighted by atomic mass is 9.86. The second-order valence-corrected chi connectivity index (χ2v) is 8.16. The lowest BCUT2D eigenvalue weighted by molar-refractivity contribution is 0.169. The number of hydrogen-bond acceptors (Lipinski definition) is 3. The molecule has 0 aromatic heterocycles. The van der Waals surface area contributed by atoms with Gasteiger partial charge in [-0.2, -0.15) is 0 Å². The normalized spacial score (nSPS) is 22.2. The molecular weight excluding hydrogens is 318 g/mol. The molecule has 4 heteroatoms. The van der Waals surface area contributed by atoms with Crippen LogP contribution in [0.1, 0.15) is 69.3 Å². The molecule has 0 bridgehead atoms. The summed E-state index contributed by atoms with van der Waals surface area (Å²) < 4.78 is 0. The summed E-state index contributed by atoms with van der Waals surface area (Å²) in [5, 5.41) is 0.778. The van der Waals surface area contributed by atoms with Crippen LogP contribution in [0.3, 0.4) is 0 Å². The Kier molecular flexibility index (Phi) is 6.29. The van der Waals surface area contributed by atoms with Crippen molar-refractivity contribution in [2.24, 2.45) is 5.92 Å². The van der Waals surface area contributed by atoms with E-state index in [9.17, 15) is 0 Å². The quantitative estimate of drug-likeness (QED) is 0.751. The molecule has 1 heterocycles. The van der Waals surface area contributed by atoms with Gasteiger partial charge in [-0.05, 0) is 68.3 Å². The molecule has 1 aromatic carbocycles. The largest absolute Gasteiger partial charge is 0.397 e. The molecule has 1 aliphatic carbocycles. The van der Waals surface area contributed by atoms with Gasteiger partial charge in [-0.3, -0.25) is 0 Å². The number of halogens is 1. The van der Waals surface area contributed by atoms with E-state index in [1.54, 1.807) is 0 Å². The van der Waals surface area contributed by atoms with E-state index in [1.807, 2.05) is 12.1 Å².